The highest BCUT2D eigenvalue weighted by atomic mass is 79.9. The molecule has 144 valence electrons. The van der Waals surface area contributed by atoms with Gasteiger partial charge in [0.1, 0.15) is 5.82 Å². The summed E-state index contributed by atoms with van der Waals surface area (Å²) in [5.41, 5.74) is 1.90. The normalized spacial score (nSPS) is 10.5. The van der Waals surface area contributed by atoms with E-state index in [1.54, 1.807) is 5.38 Å². The Kier molecular flexibility index (Phi) is 7.18. The van der Waals surface area contributed by atoms with Gasteiger partial charge in [0, 0.05) is 21.2 Å². The van der Waals surface area contributed by atoms with E-state index in [0.29, 0.717) is 21.4 Å². The first kappa shape index (κ1) is 20.5. The lowest BCUT2D eigenvalue weighted by Crippen LogP contribution is -2.14. The molecule has 0 aliphatic heterocycles. The van der Waals surface area contributed by atoms with E-state index in [2.05, 4.69) is 31.5 Å². The van der Waals surface area contributed by atoms with Gasteiger partial charge in [-0.3, -0.25) is 9.59 Å². The van der Waals surface area contributed by atoms with Gasteiger partial charge >= 0.3 is 0 Å². The van der Waals surface area contributed by atoms with Gasteiger partial charge in [-0.1, -0.05) is 33.8 Å². The summed E-state index contributed by atoms with van der Waals surface area (Å²) in [5, 5.41) is 7.32. The first-order valence-corrected chi connectivity index (χ1v) is 10.8. The van der Waals surface area contributed by atoms with Crippen molar-refractivity contribution in [1.82, 2.24) is 4.98 Å². The maximum absolute atomic E-state index is 12.9. The first-order valence-electron chi connectivity index (χ1n) is 8.16. The molecule has 2 N–H and O–H groups in total. The highest BCUT2D eigenvalue weighted by Gasteiger charge is 2.11. The molecule has 5 nitrogen and oxygen atoms in total. The van der Waals surface area contributed by atoms with Crippen molar-refractivity contribution in [2.75, 3.05) is 16.4 Å². The molecular weight excluding hydrogens is 465 g/mol. The van der Waals surface area contributed by atoms with E-state index in [1.165, 1.54) is 47.4 Å². The molecule has 0 aliphatic carbocycles. The van der Waals surface area contributed by atoms with Gasteiger partial charge in [0.05, 0.1) is 17.9 Å². The lowest BCUT2D eigenvalue weighted by molar-refractivity contribution is -0.116. The summed E-state index contributed by atoms with van der Waals surface area (Å²) in [6, 6.07) is 12.9. The standard InChI is InChI=1S/C19H15BrFN3O2S2/c20-12-2-1-3-15(8-12)23-17(25)9-16-10-27-19(24-16)28-11-18(26)22-14-6-4-13(21)5-7-14/h1-8,10H,9,11H2,(H,22,26)(H,23,25). The van der Waals surface area contributed by atoms with Crippen LogP contribution in [0.5, 0.6) is 0 Å². The maximum Gasteiger partial charge on any atom is 0.234 e. The Balaban J connectivity index is 1.46. The number of amides is 2. The van der Waals surface area contributed by atoms with Crippen molar-refractivity contribution >= 4 is 62.2 Å². The summed E-state index contributed by atoms with van der Waals surface area (Å²) in [4.78, 5) is 28.5. The second kappa shape index (κ2) is 9.81. The van der Waals surface area contributed by atoms with Crippen LogP contribution in [0.15, 0.2) is 62.7 Å². The zero-order chi connectivity index (χ0) is 19.9. The molecule has 0 atom stereocenters. The summed E-state index contributed by atoms with van der Waals surface area (Å²) in [6.45, 7) is 0. The van der Waals surface area contributed by atoms with Crippen LogP contribution >= 0.6 is 39.0 Å². The number of anilines is 2. The molecule has 9 heteroatoms. The van der Waals surface area contributed by atoms with E-state index in [4.69, 9.17) is 0 Å². The van der Waals surface area contributed by atoms with E-state index in [9.17, 15) is 14.0 Å². The molecule has 1 aromatic heterocycles. The van der Waals surface area contributed by atoms with Gasteiger partial charge in [0.2, 0.25) is 11.8 Å². The third kappa shape index (κ3) is 6.43. The third-order valence-electron chi connectivity index (χ3n) is 3.44. The molecule has 0 unspecified atom stereocenters. The van der Waals surface area contributed by atoms with E-state index in [1.807, 2.05) is 24.3 Å². The smallest absolute Gasteiger partial charge is 0.234 e. The Morgan fingerprint density at radius 2 is 1.82 bits per heavy atom. The summed E-state index contributed by atoms with van der Waals surface area (Å²) < 4.78 is 14.5. The van der Waals surface area contributed by atoms with Crippen molar-refractivity contribution in [2.45, 2.75) is 10.8 Å². The second-order valence-electron chi connectivity index (χ2n) is 5.68. The topological polar surface area (TPSA) is 71.1 Å². The molecule has 1 heterocycles. The van der Waals surface area contributed by atoms with Gasteiger partial charge in [0.25, 0.3) is 0 Å². The number of nitrogens with zero attached hydrogens (tertiary/aromatic N) is 1. The largest absolute Gasteiger partial charge is 0.326 e. The molecular formula is C19H15BrFN3O2S2. The van der Waals surface area contributed by atoms with Gasteiger partial charge in [-0.05, 0) is 42.5 Å². The number of nitrogens with one attached hydrogen (secondary N) is 2. The van der Waals surface area contributed by atoms with Crippen LogP contribution in [0.25, 0.3) is 0 Å². The minimum absolute atomic E-state index is 0.158. The van der Waals surface area contributed by atoms with Gasteiger partial charge in [-0.25, -0.2) is 9.37 Å². The number of thioether (sulfide) groups is 1. The van der Waals surface area contributed by atoms with Crippen LogP contribution in [0.4, 0.5) is 15.8 Å². The van der Waals surface area contributed by atoms with Crippen LogP contribution in [0, 0.1) is 5.82 Å². The van der Waals surface area contributed by atoms with Crippen molar-refractivity contribution < 1.29 is 14.0 Å². The Morgan fingerprint density at radius 3 is 2.57 bits per heavy atom. The third-order valence-corrected chi connectivity index (χ3v) is 6.00. The molecule has 2 aromatic carbocycles. The quantitative estimate of drug-likeness (QED) is 0.470. The number of hydrogen-bond donors (Lipinski definition) is 2. The molecule has 0 bridgehead atoms. The Bertz CT molecular complexity index is 979. The predicted molar refractivity (Wildman–Crippen MR) is 114 cm³/mol. The number of rotatable bonds is 7. The Morgan fingerprint density at radius 1 is 1.07 bits per heavy atom. The highest BCUT2D eigenvalue weighted by molar-refractivity contribution is 9.10. The molecule has 0 saturated heterocycles. The van der Waals surface area contributed by atoms with Crippen molar-refractivity contribution in [3.05, 3.63) is 69.9 Å². The van der Waals surface area contributed by atoms with Crippen LogP contribution in [0.1, 0.15) is 5.69 Å². The Labute approximate surface area is 177 Å². The van der Waals surface area contributed by atoms with E-state index < -0.39 is 0 Å². The number of carbonyl (C=O) groups excluding carboxylic acids is 2. The summed E-state index contributed by atoms with van der Waals surface area (Å²) in [6.07, 6.45) is 0.158. The fourth-order valence-corrected chi connectivity index (χ4v) is 4.27. The molecule has 28 heavy (non-hydrogen) atoms. The lowest BCUT2D eigenvalue weighted by Gasteiger charge is -2.04. The summed E-state index contributed by atoms with van der Waals surface area (Å²) in [5.74, 6) is -0.546. The van der Waals surface area contributed by atoms with Crippen LogP contribution in [0.2, 0.25) is 0 Å². The zero-order valence-corrected chi connectivity index (χ0v) is 17.7. The number of hydrogen-bond acceptors (Lipinski definition) is 5. The fourth-order valence-electron chi connectivity index (χ4n) is 2.23. The molecule has 0 saturated carbocycles. The predicted octanol–water partition coefficient (Wildman–Crippen LogP) is 4.96. The van der Waals surface area contributed by atoms with Gasteiger partial charge in [-0.15, -0.1) is 11.3 Å². The minimum atomic E-state index is -0.355. The van der Waals surface area contributed by atoms with E-state index in [0.717, 1.165) is 4.47 Å². The van der Waals surface area contributed by atoms with Crippen LogP contribution in [0.3, 0.4) is 0 Å². The first-order chi connectivity index (χ1) is 13.5. The van der Waals surface area contributed by atoms with Crippen molar-refractivity contribution in [2.24, 2.45) is 0 Å². The van der Waals surface area contributed by atoms with Gasteiger partial charge < -0.3 is 10.6 Å². The summed E-state index contributed by atoms with van der Waals surface area (Å²) in [7, 11) is 0. The highest BCUT2D eigenvalue weighted by Crippen LogP contribution is 2.23. The molecule has 2 amide bonds. The van der Waals surface area contributed by atoms with Crippen LogP contribution < -0.4 is 10.6 Å². The van der Waals surface area contributed by atoms with Crippen molar-refractivity contribution in [3.63, 3.8) is 0 Å². The molecule has 0 spiro atoms. The number of thiazole rings is 1. The average Bonchev–Trinajstić information content (AvgIpc) is 3.09. The molecule has 0 aliphatic rings. The fraction of sp³-hybridized carbons (Fsp3) is 0.105. The average molecular weight is 480 g/mol. The molecule has 3 rings (SSSR count). The second-order valence-corrected chi connectivity index (χ2v) is 8.68. The monoisotopic (exact) mass is 479 g/mol. The SMILES string of the molecule is O=C(CSc1nc(CC(=O)Nc2cccc(Br)c2)cs1)Nc1ccc(F)cc1. The lowest BCUT2D eigenvalue weighted by atomic mass is 10.3. The Hall–Kier alpha value is -2.23. The molecule has 0 fully saturated rings. The number of benzene rings is 2. The van der Waals surface area contributed by atoms with Crippen molar-refractivity contribution in [1.29, 1.82) is 0 Å². The minimum Gasteiger partial charge on any atom is -0.326 e. The number of carbonyl (C=O) groups is 2. The van der Waals surface area contributed by atoms with Crippen LogP contribution in [-0.2, 0) is 16.0 Å². The van der Waals surface area contributed by atoms with Gasteiger partial charge in [0.15, 0.2) is 4.34 Å². The molecule has 0 radical (unpaired) electrons. The number of aromatic nitrogens is 1. The van der Waals surface area contributed by atoms with E-state index in [-0.39, 0.29) is 29.8 Å². The zero-order valence-electron chi connectivity index (χ0n) is 14.4. The van der Waals surface area contributed by atoms with Gasteiger partial charge in [-0.2, -0.15) is 0 Å². The van der Waals surface area contributed by atoms with Crippen molar-refractivity contribution in [3.8, 4) is 0 Å². The maximum atomic E-state index is 12.9. The van der Waals surface area contributed by atoms with Crippen LogP contribution in [-0.4, -0.2) is 22.6 Å². The molecule has 3 aromatic rings. The summed E-state index contributed by atoms with van der Waals surface area (Å²) >= 11 is 6.03. The number of halogens is 2. The van der Waals surface area contributed by atoms with E-state index >= 15 is 0 Å².